The summed E-state index contributed by atoms with van der Waals surface area (Å²) in [5, 5.41) is 13.6. The largest absolute Gasteiger partial charge is 0.492 e. The Morgan fingerprint density at radius 2 is 1.89 bits per heavy atom. The van der Waals surface area contributed by atoms with Gasteiger partial charge in [0, 0.05) is 44.0 Å². The van der Waals surface area contributed by atoms with Crippen molar-refractivity contribution in [2.45, 2.75) is 6.92 Å². The Hall–Kier alpha value is -3.29. The molecule has 2 amide bonds. The highest BCUT2D eigenvalue weighted by molar-refractivity contribution is 5.89. The molecule has 0 aromatic heterocycles. The lowest BCUT2D eigenvalue weighted by Gasteiger charge is -2.36. The number of nitrogens with zero attached hydrogens (tertiary/aromatic N) is 3. The first kappa shape index (κ1) is 18.5. The van der Waals surface area contributed by atoms with E-state index in [-0.39, 0.29) is 11.7 Å². The van der Waals surface area contributed by atoms with Gasteiger partial charge >= 0.3 is 6.03 Å². The van der Waals surface area contributed by atoms with Gasteiger partial charge in [0.25, 0.3) is 5.69 Å². The number of anilines is 2. The normalized spacial score (nSPS) is 14.0. The predicted molar refractivity (Wildman–Crippen MR) is 104 cm³/mol. The molecule has 1 aliphatic rings. The highest BCUT2D eigenvalue weighted by atomic mass is 16.6. The molecule has 0 spiro atoms. The lowest BCUT2D eigenvalue weighted by atomic mass is 10.2. The third-order valence-electron chi connectivity index (χ3n) is 4.38. The first-order valence-electron chi connectivity index (χ1n) is 8.85. The molecular formula is C19H22N4O4. The van der Waals surface area contributed by atoms with Crippen molar-refractivity contribution in [3.63, 3.8) is 0 Å². The van der Waals surface area contributed by atoms with Gasteiger partial charge in [-0.25, -0.2) is 4.79 Å². The van der Waals surface area contributed by atoms with Crippen molar-refractivity contribution in [2.75, 3.05) is 43.0 Å². The van der Waals surface area contributed by atoms with Gasteiger partial charge in [-0.05, 0) is 25.1 Å². The number of amides is 2. The van der Waals surface area contributed by atoms with Crippen molar-refractivity contribution < 1.29 is 14.5 Å². The molecule has 1 fully saturated rings. The summed E-state index contributed by atoms with van der Waals surface area (Å²) in [7, 11) is 0. The second-order valence-electron chi connectivity index (χ2n) is 6.11. The van der Waals surface area contributed by atoms with Crippen LogP contribution < -0.4 is 15.0 Å². The molecule has 1 heterocycles. The number of hydrogen-bond acceptors (Lipinski definition) is 5. The van der Waals surface area contributed by atoms with Gasteiger partial charge in [-0.1, -0.05) is 18.2 Å². The molecule has 0 bridgehead atoms. The molecule has 0 unspecified atom stereocenters. The van der Waals surface area contributed by atoms with E-state index >= 15 is 0 Å². The SMILES string of the molecule is CCOc1ccccc1N1CCN(C(=O)Nc2cccc([N+](=O)[O-])c2)CC1. The minimum Gasteiger partial charge on any atom is -0.492 e. The molecule has 0 atom stereocenters. The van der Waals surface area contributed by atoms with Crippen molar-refractivity contribution >= 4 is 23.1 Å². The van der Waals surface area contributed by atoms with Crippen LogP contribution in [0.15, 0.2) is 48.5 Å². The Morgan fingerprint density at radius 3 is 2.59 bits per heavy atom. The average Bonchev–Trinajstić information content (AvgIpc) is 2.69. The number of benzene rings is 2. The monoisotopic (exact) mass is 370 g/mol. The fraction of sp³-hybridized carbons (Fsp3) is 0.316. The van der Waals surface area contributed by atoms with E-state index in [4.69, 9.17) is 4.74 Å². The molecule has 2 aromatic rings. The number of urea groups is 1. The Balaban J connectivity index is 1.60. The summed E-state index contributed by atoms with van der Waals surface area (Å²) in [4.78, 5) is 26.7. The number of ether oxygens (including phenoxy) is 1. The Morgan fingerprint density at radius 1 is 1.15 bits per heavy atom. The van der Waals surface area contributed by atoms with E-state index in [1.54, 1.807) is 17.0 Å². The summed E-state index contributed by atoms with van der Waals surface area (Å²) in [6.07, 6.45) is 0. The van der Waals surface area contributed by atoms with E-state index < -0.39 is 4.92 Å². The van der Waals surface area contributed by atoms with E-state index in [9.17, 15) is 14.9 Å². The van der Waals surface area contributed by atoms with Crippen molar-refractivity contribution in [3.8, 4) is 5.75 Å². The predicted octanol–water partition coefficient (Wildman–Crippen LogP) is 3.35. The van der Waals surface area contributed by atoms with Gasteiger partial charge in [-0.2, -0.15) is 0 Å². The van der Waals surface area contributed by atoms with E-state index in [0.717, 1.165) is 11.4 Å². The molecule has 1 aliphatic heterocycles. The van der Waals surface area contributed by atoms with Crippen LogP contribution in [0.5, 0.6) is 5.75 Å². The van der Waals surface area contributed by atoms with Crippen LogP contribution in [-0.2, 0) is 0 Å². The summed E-state index contributed by atoms with van der Waals surface area (Å²) < 4.78 is 5.68. The molecule has 0 radical (unpaired) electrons. The summed E-state index contributed by atoms with van der Waals surface area (Å²) >= 11 is 0. The maximum atomic E-state index is 12.5. The molecule has 3 rings (SSSR count). The molecule has 8 nitrogen and oxygen atoms in total. The van der Waals surface area contributed by atoms with Gasteiger partial charge < -0.3 is 19.9 Å². The number of non-ortho nitro benzene ring substituents is 1. The zero-order valence-corrected chi connectivity index (χ0v) is 15.1. The Bertz CT molecular complexity index is 819. The molecule has 0 aliphatic carbocycles. The van der Waals surface area contributed by atoms with Crippen molar-refractivity contribution in [1.82, 2.24) is 4.90 Å². The minimum atomic E-state index is -0.482. The summed E-state index contributed by atoms with van der Waals surface area (Å²) in [5.41, 5.74) is 1.39. The van der Waals surface area contributed by atoms with Crippen LogP contribution in [0.1, 0.15) is 6.92 Å². The molecule has 2 aromatic carbocycles. The topological polar surface area (TPSA) is 88.0 Å². The first-order chi connectivity index (χ1) is 13.1. The van der Waals surface area contributed by atoms with Gasteiger partial charge in [-0.15, -0.1) is 0 Å². The van der Waals surface area contributed by atoms with Gasteiger partial charge in [-0.3, -0.25) is 10.1 Å². The summed E-state index contributed by atoms with van der Waals surface area (Å²) in [5.74, 6) is 0.842. The number of carbonyl (C=O) groups is 1. The Labute approximate surface area is 157 Å². The summed E-state index contributed by atoms with van der Waals surface area (Å²) in [6, 6.07) is 13.6. The molecule has 1 saturated heterocycles. The van der Waals surface area contributed by atoms with Crippen molar-refractivity contribution in [2.24, 2.45) is 0 Å². The smallest absolute Gasteiger partial charge is 0.321 e. The molecule has 0 saturated carbocycles. The van der Waals surface area contributed by atoms with Crippen LogP contribution in [0, 0.1) is 10.1 Å². The fourth-order valence-electron chi connectivity index (χ4n) is 3.05. The maximum Gasteiger partial charge on any atom is 0.321 e. The van der Waals surface area contributed by atoms with Gasteiger partial charge in [0.1, 0.15) is 5.75 Å². The quantitative estimate of drug-likeness (QED) is 0.644. The standard InChI is InChI=1S/C19H22N4O4/c1-2-27-18-9-4-3-8-17(18)21-10-12-22(13-11-21)19(24)20-15-6-5-7-16(14-15)23(25)26/h3-9,14H,2,10-13H2,1H3,(H,20,24). The second kappa shape index (κ2) is 8.39. The summed E-state index contributed by atoms with van der Waals surface area (Å²) in [6.45, 7) is 5.04. The number of rotatable bonds is 5. The Kier molecular flexibility index (Phi) is 5.75. The number of piperazine rings is 1. The lowest BCUT2D eigenvalue weighted by molar-refractivity contribution is -0.384. The van der Waals surface area contributed by atoms with E-state index in [1.165, 1.54) is 12.1 Å². The average molecular weight is 370 g/mol. The zero-order valence-electron chi connectivity index (χ0n) is 15.1. The van der Waals surface area contributed by atoms with Crippen molar-refractivity contribution in [1.29, 1.82) is 0 Å². The minimum absolute atomic E-state index is 0.0508. The van der Waals surface area contributed by atoms with Gasteiger partial charge in [0.2, 0.25) is 0 Å². The highest BCUT2D eigenvalue weighted by Crippen LogP contribution is 2.29. The number of nitrogens with one attached hydrogen (secondary N) is 1. The first-order valence-corrected chi connectivity index (χ1v) is 8.85. The van der Waals surface area contributed by atoms with Gasteiger partial charge in [0.15, 0.2) is 0 Å². The van der Waals surface area contributed by atoms with Crippen molar-refractivity contribution in [3.05, 3.63) is 58.6 Å². The fourth-order valence-corrected chi connectivity index (χ4v) is 3.05. The maximum absolute atomic E-state index is 12.5. The number of hydrogen-bond donors (Lipinski definition) is 1. The van der Waals surface area contributed by atoms with Crippen LogP contribution in [0.3, 0.4) is 0 Å². The zero-order chi connectivity index (χ0) is 19.2. The molecule has 1 N–H and O–H groups in total. The van der Waals surface area contributed by atoms with Crippen LogP contribution >= 0.6 is 0 Å². The molecule has 8 heteroatoms. The molecule has 27 heavy (non-hydrogen) atoms. The molecular weight excluding hydrogens is 348 g/mol. The van der Waals surface area contributed by atoms with Gasteiger partial charge in [0.05, 0.1) is 17.2 Å². The van der Waals surface area contributed by atoms with Crippen LogP contribution in [-0.4, -0.2) is 48.6 Å². The van der Waals surface area contributed by atoms with Crippen LogP contribution in [0.25, 0.3) is 0 Å². The molecule has 142 valence electrons. The lowest BCUT2D eigenvalue weighted by Crippen LogP contribution is -2.50. The second-order valence-corrected chi connectivity index (χ2v) is 6.11. The van der Waals surface area contributed by atoms with Crippen LogP contribution in [0.4, 0.5) is 21.9 Å². The third kappa shape index (κ3) is 4.46. The van der Waals surface area contributed by atoms with Crippen LogP contribution in [0.2, 0.25) is 0 Å². The van der Waals surface area contributed by atoms with E-state index in [2.05, 4.69) is 10.2 Å². The number of para-hydroxylation sites is 2. The number of carbonyl (C=O) groups excluding carboxylic acids is 1. The third-order valence-corrected chi connectivity index (χ3v) is 4.38. The van der Waals surface area contributed by atoms with E-state index in [1.807, 2.05) is 31.2 Å². The number of nitro benzene ring substituents is 1. The van der Waals surface area contributed by atoms with E-state index in [0.29, 0.717) is 38.5 Å². The highest BCUT2D eigenvalue weighted by Gasteiger charge is 2.23. The number of nitro groups is 1.